The molecule has 0 bridgehead atoms. The summed E-state index contributed by atoms with van der Waals surface area (Å²) in [4.78, 5) is 0. The number of hydrogen-bond acceptors (Lipinski definition) is 2. The smallest absolute Gasteiger partial charge is 0.184 e. The van der Waals surface area contributed by atoms with Gasteiger partial charge in [0.1, 0.15) is 0 Å². The van der Waals surface area contributed by atoms with Crippen LogP contribution in [0.2, 0.25) is 39.3 Å². The Hall–Kier alpha value is 0.354. The molecule has 0 aromatic rings. The third-order valence-corrected chi connectivity index (χ3v) is 12.5. The highest BCUT2D eigenvalue weighted by atomic mass is 28.4. The molecule has 4 heteroatoms. The lowest BCUT2D eigenvalue weighted by molar-refractivity contribution is -0.171. The van der Waals surface area contributed by atoms with E-state index in [9.17, 15) is 0 Å². The first-order chi connectivity index (χ1) is 14.2. The summed E-state index contributed by atoms with van der Waals surface area (Å²) in [5.74, 6) is 3.71. The maximum Gasteiger partial charge on any atom is 0.184 e. The quantitative estimate of drug-likeness (QED) is 0.381. The van der Waals surface area contributed by atoms with Crippen LogP contribution in [-0.4, -0.2) is 28.3 Å². The van der Waals surface area contributed by atoms with Crippen LogP contribution in [0.1, 0.15) is 85.0 Å². The lowest BCUT2D eigenvalue weighted by Gasteiger charge is -2.63. The summed E-state index contributed by atoms with van der Waals surface area (Å²) in [6.07, 6.45) is 14.5. The molecule has 4 rings (SSSR count). The lowest BCUT2D eigenvalue weighted by Crippen LogP contribution is -2.63. The van der Waals surface area contributed by atoms with Gasteiger partial charge in [0, 0.05) is 5.41 Å². The van der Waals surface area contributed by atoms with Crippen LogP contribution in [0.3, 0.4) is 0 Å². The molecule has 0 N–H and O–H groups in total. The monoisotopic (exact) mass is 464 g/mol. The van der Waals surface area contributed by atoms with E-state index in [4.69, 9.17) is 8.85 Å². The van der Waals surface area contributed by atoms with Crippen LogP contribution in [0.25, 0.3) is 0 Å². The molecule has 0 saturated heterocycles. The molecule has 0 amide bonds. The third-order valence-electron chi connectivity index (χ3n) is 10.4. The fourth-order valence-corrected chi connectivity index (χ4v) is 12.3. The Balaban J connectivity index is 1.68. The van der Waals surface area contributed by atoms with Gasteiger partial charge in [0.2, 0.25) is 0 Å². The fraction of sp³-hybridized carbons (Fsp3) is 1.00. The van der Waals surface area contributed by atoms with Crippen LogP contribution >= 0.6 is 0 Å². The van der Waals surface area contributed by atoms with Crippen molar-refractivity contribution in [1.82, 2.24) is 0 Å². The summed E-state index contributed by atoms with van der Waals surface area (Å²) < 4.78 is 14.2. The molecule has 8 atom stereocenters. The zero-order valence-corrected chi connectivity index (χ0v) is 24.3. The molecule has 0 aromatic carbocycles. The Kier molecular flexibility index (Phi) is 6.28. The summed E-state index contributed by atoms with van der Waals surface area (Å²) in [5, 5.41) is 0. The topological polar surface area (TPSA) is 18.5 Å². The Bertz CT molecular complexity index is 667. The second kappa shape index (κ2) is 7.95. The molecule has 2 nitrogen and oxygen atoms in total. The molecule has 4 fully saturated rings. The van der Waals surface area contributed by atoms with E-state index in [0.717, 1.165) is 23.7 Å². The van der Waals surface area contributed by atoms with E-state index >= 15 is 0 Å². The molecule has 4 aliphatic rings. The van der Waals surface area contributed by atoms with Crippen LogP contribution in [0.15, 0.2) is 0 Å². The van der Waals surface area contributed by atoms with Crippen molar-refractivity contribution in [2.24, 2.45) is 34.5 Å². The van der Waals surface area contributed by atoms with Gasteiger partial charge in [-0.1, -0.05) is 26.7 Å². The summed E-state index contributed by atoms with van der Waals surface area (Å²) in [7, 11) is -3.34. The molecule has 0 spiro atoms. The molecule has 3 unspecified atom stereocenters. The van der Waals surface area contributed by atoms with Crippen LogP contribution in [-0.2, 0) is 8.85 Å². The molecular formula is C27H52O2Si2. The first-order valence-corrected chi connectivity index (χ1v) is 20.4. The summed E-state index contributed by atoms with van der Waals surface area (Å²) in [6, 6.07) is 0. The lowest BCUT2D eigenvalue weighted by atomic mass is 9.44. The molecular weight excluding hydrogens is 412 g/mol. The third kappa shape index (κ3) is 4.08. The Labute approximate surface area is 195 Å². The minimum absolute atomic E-state index is 0.0856. The van der Waals surface area contributed by atoms with Crippen molar-refractivity contribution in [2.45, 2.75) is 136 Å². The normalized spacial score (nSPS) is 46.7. The average Bonchev–Trinajstić information content (AvgIpc) is 2.92. The van der Waals surface area contributed by atoms with Crippen molar-refractivity contribution < 1.29 is 8.85 Å². The summed E-state index contributed by atoms with van der Waals surface area (Å²) >= 11 is 0. The zero-order chi connectivity index (χ0) is 22.9. The number of fused-ring (bicyclic) bond motifs is 5. The molecule has 4 saturated carbocycles. The van der Waals surface area contributed by atoms with Gasteiger partial charge in [-0.2, -0.15) is 0 Å². The molecule has 4 aliphatic carbocycles. The zero-order valence-electron chi connectivity index (χ0n) is 22.3. The van der Waals surface area contributed by atoms with Crippen molar-refractivity contribution in [1.29, 1.82) is 0 Å². The van der Waals surface area contributed by atoms with Crippen molar-refractivity contribution in [2.75, 3.05) is 0 Å². The molecule has 0 aliphatic heterocycles. The van der Waals surface area contributed by atoms with Crippen molar-refractivity contribution in [3.63, 3.8) is 0 Å². The first-order valence-electron chi connectivity index (χ1n) is 13.6. The molecule has 0 radical (unpaired) electrons. The van der Waals surface area contributed by atoms with Crippen LogP contribution in [0.5, 0.6) is 0 Å². The molecule has 0 heterocycles. The Morgan fingerprint density at radius 2 is 1.42 bits per heavy atom. The molecule has 180 valence electrons. The minimum atomic E-state index is -1.71. The highest BCUT2D eigenvalue weighted by Crippen LogP contribution is 2.70. The van der Waals surface area contributed by atoms with E-state index < -0.39 is 16.6 Å². The summed E-state index contributed by atoms with van der Waals surface area (Å²) in [6.45, 7) is 21.9. The molecule has 0 aromatic heterocycles. The van der Waals surface area contributed by atoms with Gasteiger partial charge in [-0.15, -0.1) is 0 Å². The van der Waals surface area contributed by atoms with E-state index in [1.807, 2.05) is 0 Å². The predicted molar refractivity (Wildman–Crippen MR) is 137 cm³/mol. The highest BCUT2D eigenvalue weighted by Gasteiger charge is 2.67. The SMILES string of the molecule is C[C@H](O[Si](C)(C)C)[C@@]1(O[Si](C)(C)C)CCC2C3CC[C@H]4CCCC[C@]4(C)C3CC[C@@]21C. The average molecular weight is 465 g/mol. The van der Waals surface area contributed by atoms with E-state index in [0.29, 0.717) is 5.41 Å². The number of hydrogen-bond donors (Lipinski definition) is 0. The Morgan fingerprint density at radius 1 is 0.742 bits per heavy atom. The van der Waals surface area contributed by atoms with Gasteiger partial charge in [0.15, 0.2) is 16.6 Å². The van der Waals surface area contributed by atoms with Crippen LogP contribution < -0.4 is 0 Å². The van der Waals surface area contributed by atoms with Crippen molar-refractivity contribution in [3.8, 4) is 0 Å². The first kappa shape index (κ1) is 24.5. The minimum Gasteiger partial charge on any atom is -0.412 e. The van der Waals surface area contributed by atoms with Gasteiger partial charge >= 0.3 is 0 Å². The van der Waals surface area contributed by atoms with Crippen LogP contribution in [0, 0.1) is 34.5 Å². The van der Waals surface area contributed by atoms with Gasteiger partial charge < -0.3 is 8.85 Å². The van der Waals surface area contributed by atoms with E-state index in [1.54, 1.807) is 0 Å². The standard InChI is InChI=1S/C27H52O2Si2/c1-20(28-30(4,5)6)27(29-31(7,8)9)19-16-24-22-14-13-21-12-10-11-17-25(21,2)23(22)15-18-26(24,27)3/h20-24H,10-19H2,1-9H3/t20-,21+,22?,23?,24?,25-,26-,27-/m0/s1. The van der Waals surface area contributed by atoms with Gasteiger partial charge in [-0.05, 0) is 127 Å². The number of rotatable bonds is 5. The van der Waals surface area contributed by atoms with Gasteiger partial charge in [0.25, 0.3) is 0 Å². The van der Waals surface area contributed by atoms with Crippen molar-refractivity contribution in [3.05, 3.63) is 0 Å². The fourth-order valence-electron chi connectivity index (χ4n) is 9.42. The Morgan fingerprint density at radius 3 is 2.06 bits per heavy atom. The van der Waals surface area contributed by atoms with E-state index in [2.05, 4.69) is 60.1 Å². The predicted octanol–water partition coefficient (Wildman–Crippen LogP) is 8.25. The largest absolute Gasteiger partial charge is 0.412 e. The molecule has 31 heavy (non-hydrogen) atoms. The van der Waals surface area contributed by atoms with Gasteiger partial charge in [-0.25, -0.2) is 0 Å². The highest BCUT2D eigenvalue weighted by molar-refractivity contribution is 6.70. The second-order valence-corrected chi connectivity index (χ2v) is 23.3. The second-order valence-electron chi connectivity index (χ2n) is 14.4. The maximum atomic E-state index is 7.31. The van der Waals surface area contributed by atoms with Crippen LogP contribution in [0.4, 0.5) is 0 Å². The maximum absolute atomic E-state index is 7.31. The van der Waals surface area contributed by atoms with E-state index in [1.165, 1.54) is 64.2 Å². The van der Waals surface area contributed by atoms with Gasteiger partial charge in [0.05, 0.1) is 11.7 Å². The van der Waals surface area contributed by atoms with Gasteiger partial charge in [-0.3, -0.25) is 0 Å². The van der Waals surface area contributed by atoms with E-state index in [-0.39, 0.29) is 17.1 Å². The summed E-state index contributed by atoms with van der Waals surface area (Å²) in [5.41, 5.74) is 0.802. The van der Waals surface area contributed by atoms with Crippen molar-refractivity contribution >= 4 is 16.6 Å².